The molecule has 2 heterocycles. The van der Waals surface area contributed by atoms with Gasteiger partial charge in [-0.2, -0.15) is 0 Å². The molecule has 106 valence electrons. The van der Waals surface area contributed by atoms with Crippen molar-refractivity contribution in [2.75, 3.05) is 7.11 Å². The number of carbonyl (C=O) groups excluding carboxylic acids is 1. The summed E-state index contributed by atoms with van der Waals surface area (Å²) in [6.45, 7) is 0. The first-order chi connectivity index (χ1) is 10.2. The Labute approximate surface area is 119 Å². The van der Waals surface area contributed by atoms with E-state index in [1.165, 1.54) is 19.2 Å². The third kappa shape index (κ3) is 2.30. The van der Waals surface area contributed by atoms with Crippen molar-refractivity contribution in [1.82, 2.24) is 15.4 Å². The molecule has 2 aromatic heterocycles. The van der Waals surface area contributed by atoms with Crippen molar-refractivity contribution in [3.8, 4) is 17.3 Å². The van der Waals surface area contributed by atoms with Gasteiger partial charge < -0.3 is 9.15 Å². The number of benzene rings is 1. The average Bonchev–Trinajstić information content (AvgIpc) is 2.96. The minimum atomic E-state index is -0.611. The van der Waals surface area contributed by atoms with Gasteiger partial charge in [0.15, 0.2) is 5.58 Å². The van der Waals surface area contributed by atoms with Gasteiger partial charge in [0.05, 0.1) is 12.7 Å². The van der Waals surface area contributed by atoms with E-state index in [9.17, 15) is 4.79 Å². The van der Waals surface area contributed by atoms with Gasteiger partial charge in [-0.1, -0.05) is 0 Å². The lowest BCUT2D eigenvalue weighted by Crippen LogP contribution is -2.18. The molecule has 0 aliphatic heterocycles. The summed E-state index contributed by atoms with van der Waals surface area (Å²) in [6, 6.07) is 8.19. The van der Waals surface area contributed by atoms with E-state index in [1.807, 2.05) is 0 Å². The van der Waals surface area contributed by atoms with Gasteiger partial charge in [-0.05, 0) is 30.3 Å². The smallest absolute Gasteiger partial charge is 0.274 e. The van der Waals surface area contributed by atoms with E-state index in [-0.39, 0.29) is 5.56 Å². The van der Waals surface area contributed by atoms with E-state index in [1.54, 1.807) is 29.9 Å². The van der Waals surface area contributed by atoms with Crippen LogP contribution in [-0.2, 0) is 0 Å². The van der Waals surface area contributed by atoms with Crippen LogP contribution in [0.3, 0.4) is 0 Å². The van der Waals surface area contributed by atoms with Crippen LogP contribution in [0.5, 0.6) is 5.88 Å². The number of hydroxylamine groups is 1. The van der Waals surface area contributed by atoms with Gasteiger partial charge in [0.25, 0.3) is 5.91 Å². The fourth-order valence-corrected chi connectivity index (χ4v) is 1.96. The number of carbonyl (C=O) groups is 1. The summed E-state index contributed by atoms with van der Waals surface area (Å²) in [5.41, 5.74) is 3.49. The lowest BCUT2D eigenvalue weighted by molar-refractivity contribution is 0.0706. The summed E-state index contributed by atoms with van der Waals surface area (Å²) in [5, 5.41) is 8.64. The zero-order chi connectivity index (χ0) is 14.8. The van der Waals surface area contributed by atoms with E-state index >= 15 is 0 Å². The van der Waals surface area contributed by atoms with Gasteiger partial charge in [-0.15, -0.1) is 0 Å². The summed E-state index contributed by atoms with van der Waals surface area (Å²) >= 11 is 0. The number of pyridine rings is 1. The molecule has 0 atom stereocenters. The highest BCUT2D eigenvalue weighted by atomic mass is 16.5. The molecule has 3 aromatic rings. The lowest BCUT2D eigenvalue weighted by Gasteiger charge is -2.01. The third-order valence-electron chi connectivity index (χ3n) is 2.95. The lowest BCUT2D eigenvalue weighted by atomic mass is 10.2. The minimum Gasteiger partial charge on any atom is -0.480 e. The fraction of sp³-hybridized carbons (Fsp3) is 0.0714. The highest BCUT2D eigenvalue weighted by Crippen LogP contribution is 2.30. The molecule has 0 aliphatic carbocycles. The number of fused-ring (bicyclic) bond motifs is 1. The molecule has 2 N–H and O–H groups in total. The standard InChI is InChI=1S/C14H11N3O4/c1-20-13-9(3-2-6-15-13)14-16-10-7-8(12(18)17-19)4-5-11(10)21-14/h2-7,19H,1H3,(H,17,18). The van der Waals surface area contributed by atoms with Crippen LogP contribution in [0.1, 0.15) is 10.4 Å². The van der Waals surface area contributed by atoms with Crippen molar-refractivity contribution < 1.29 is 19.2 Å². The first-order valence-corrected chi connectivity index (χ1v) is 6.07. The number of hydrogen-bond donors (Lipinski definition) is 2. The Morgan fingerprint density at radius 3 is 3.00 bits per heavy atom. The van der Waals surface area contributed by atoms with Crippen LogP contribution in [0.25, 0.3) is 22.6 Å². The average molecular weight is 285 g/mol. The van der Waals surface area contributed by atoms with Crippen molar-refractivity contribution in [2.24, 2.45) is 0 Å². The zero-order valence-corrected chi connectivity index (χ0v) is 11.0. The molecule has 0 spiro atoms. The van der Waals surface area contributed by atoms with E-state index < -0.39 is 5.91 Å². The van der Waals surface area contributed by atoms with E-state index in [0.717, 1.165) is 0 Å². The van der Waals surface area contributed by atoms with Crippen LogP contribution < -0.4 is 10.2 Å². The summed E-state index contributed by atoms with van der Waals surface area (Å²) in [5.74, 6) is 0.134. The van der Waals surface area contributed by atoms with Crippen molar-refractivity contribution in [3.63, 3.8) is 0 Å². The largest absolute Gasteiger partial charge is 0.480 e. The zero-order valence-electron chi connectivity index (χ0n) is 11.0. The molecule has 7 nitrogen and oxygen atoms in total. The number of methoxy groups -OCH3 is 1. The number of nitrogens with one attached hydrogen (secondary N) is 1. The molecule has 0 saturated carbocycles. The Morgan fingerprint density at radius 1 is 1.38 bits per heavy atom. The molecule has 1 amide bonds. The first-order valence-electron chi connectivity index (χ1n) is 6.07. The molecular weight excluding hydrogens is 274 g/mol. The second-order valence-electron chi connectivity index (χ2n) is 4.20. The topological polar surface area (TPSA) is 97.5 Å². The molecule has 1 aromatic carbocycles. The van der Waals surface area contributed by atoms with Gasteiger partial charge in [-0.3, -0.25) is 10.0 Å². The molecule has 0 aliphatic rings. The number of rotatable bonds is 3. The maximum Gasteiger partial charge on any atom is 0.274 e. The summed E-state index contributed by atoms with van der Waals surface area (Å²) in [7, 11) is 1.51. The Morgan fingerprint density at radius 2 is 2.24 bits per heavy atom. The summed E-state index contributed by atoms with van der Waals surface area (Å²) < 4.78 is 10.8. The van der Waals surface area contributed by atoms with Crippen molar-refractivity contribution in [3.05, 3.63) is 42.1 Å². The molecule has 0 saturated heterocycles. The number of oxazole rings is 1. The Hall–Kier alpha value is -2.93. The second kappa shape index (κ2) is 5.22. The van der Waals surface area contributed by atoms with Crippen molar-refractivity contribution in [1.29, 1.82) is 0 Å². The van der Waals surface area contributed by atoms with Gasteiger partial charge in [0.1, 0.15) is 5.52 Å². The minimum absolute atomic E-state index is 0.281. The second-order valence-corrected chi connectivity index (χ2v) is 4.20. The highest BCUT2D eigenvalue weighted by Gasteiger charge is 2.15. The Bertz CT molecular complexity index is 813. The molecule has 0 radical (unpaired) electrons. The molecule has 0 unspecified atom stereocenters. The number of amides is 1. The normalized spacial score (nSPS) is 10.6. The number of aromatic nitrogens is 2. The van der Waals surface area contributed by atoms with Crippen LogP contribution in [0.4, 0.5) is 0 Å². The predicted molar refractivity (Wildman–Crippen MR) is 73.0 cm³/mol. The highest BCUT2D eigenvalue weighted by molar-refractivity contribution is 5.96. The third-order valence-corrected chi connectivity index (χ3v) is 2.95. The maximum atomic E-state index is 11.4. The fourth-order valence-electron chi connectivity index (χ4n) is 1.96. The van der Waals surface area contributed by atoms with Crippen molar-refractivity contribution >= 4 is 17.0 Å². The number of nitrogens with zero attached hydrogens (tertiary/aromatic N) is 2. The van der Waals surface area contributed by atoms with Crippen LogP contribution in [0, 0.1) is 0 Å². The monoisotopic (exact) mass is 285 g/mol. The summed E-state index contributed by atoms with van der Waals surface area (Å²) in [4.78, 5) is 19.8. The van der Waals surface area contributed by atoms with Gasteiger partial charge in [0.2, 0.25) is 11.8 Å². The molecular formula is C14H11N3O4. The van der Waals surface area contributed by atoms with Crippen LogP contribution >= 0.6 is 0 Å². The molecule has 0 fully saturated rings. The quantitative estimate of drug-likeness (QED) is 0.564. The molecule has 0 bridgehead atoms. The number of ether oxygens (including phenoxy) is 1. The number of hydrogen-bond acceptors (Lipinski definition) is 6. The maximum absolute atomic E-state index is 11.4. The van der Waals surface area contributed by atoms with Gasteiger partial charge in [0, 0.05) is 11.8 Å². The Kier molecular flexibility index (Phi) is 3.25. The molecule has 3 rings (SSSR count). The molecule has 21 heavy (non-hydrogen) atoms. The first kappa shape index (κ1) is 13.1. The Balaban J connectivity index is 2.11. The van der Waals surface area contributed by atoms with Crippen LogP contribution in [0.15, 0.2) is 40.9 Å². The van der Waals surface area contributed by atoms with Gasteiger partial charge in [-0.25, -0.2) is 15.4 Å². The molecule has 7 heteroatoms. The SMILES string of the molecule is COc1ncccc1-c1nc2cc(C(=O)NO)ccc2o1. The van der Waals surface area contributed by atoms with E-state index in [0.29, 0.717) is 28.4 Å². The van der Waals surface area contributed by atoms with Gasteiger partial charge >= 0.3 is 0 Å². The van der Waals surface area contributed by atoms with E-state index in [2.05, 4.69) is 9.97 Å². The van der Waals surface area contributed by atoms with Crippen LogP contribution in [0.2, 0.25) is 0 Å². The van der Waals surface area contributed by atoms with Crippen molar-refractivity contribution in [2.45, 2.75) is 0 Å². The predicted octanol–water partition coefficient (Wildman–Crippen LogP) is 2.02. The van der Waals surface area contributed by atoms with E-state index in [4.69, 9.17) is 14.4 Å². The summed E-state index contributed by atoms with van der Waals surface area (Å²) in [6.07, 6.45) is 1.61. The van der Waals surface area contributed by atoms with Crippen LogP contribution in [-0.4, -0.2) is 28.2 Å².